The molecule has 0 saturated heterocycles. The van der Waals surface area contributed by atoms with Gasteiger partial charge in [-0.25, -0.2) is 4.68 Å². The average molecular weight is 319 g/mol. The predicted octanol–water partition coefficient (Wildman–Crippen LogP) is 4.15. The smallest absolute Gasteiger partial charge is 0.280 e. The lowest BCUT2D eigenvalue weighted by atomic mass is 10.1. The van der Waals surface area contributed by atoms with Gasteiger partial charge in [0, 0.05) is 11.9 Å². The summed E-state index contributed by atoms with van der Waals surface area (Å²) in [5.74, 6) is 0. The summed E-state index contributed by atoms with van der Waals surface area (Å²) in [6.07, 6.45) is 1.64. The number of aromatic amines is 1. The molecule has 0 fully saturated rings. The molecule has 1 heterocycles. The second kappa shape index (κ2) is 6.32. The summed E-state index contributed by atoms with van der Waals surface area (Å²) in [6, 6.07) is 13.9. The lowest BCUT2D eigenvalue weighted by Crippen LogP contribution is -2.18. The van der Waals surface area contributed by atoms with Gasteiger partial charge in [0.2, 0.25) is 0 Å². The van der Waals surface area contributed by atoms with Crippen LogP contribution >= 0.6 is 0 Å². The molecule has 2 aromatic carbocycles. The molecular formula is C20H21N3O. The number of nitrogens with zero attached hydrogens (tertiary/aromatic N) is 2. The van der Waals surface area contributed by atoms with Gasteiger partial charge in [-0.3, -0.25) is 14.9 Å². The Hall–Kier alpha value is -2.88. The van der Waals surface area contributed by atoms with Crippen LogP contribution in [0.2, 0.25) is 0 Å². The van der Waals surface area contributed by atoms with E-state index in [0.717, 1.165) is 28.2 Å². The molecule has 0 amide bonds. The van der Waals surface area contributed by atoms with Gasteiger partial charge in [0.05, 0.1) is 16.9 Å². The first kappa shape index (κ1) is 16.0. The first-order valence-corrected chi connectivity index (χ1v) is 7.95. The SMILES string of the molecule is Cc1cccc(N=Cc2c(C)[nH]n(-c3ccc(C)cc3C)c2=O)c1. The first-order valence-electron chi connectivity index (χ1n) is 7.95. The second-order valence-electron chi connectivity index (χ2n) is 6.18. The van der Waals surface area contributed by atoms with Crippen LogP contribution in [-0.4, -0.2) is 16.0 Å². The lowest BCUT2D eigenvalue weighted by Gasteiger charge is -2.06. The van der Waals surface area contributed by atoms with Gasteiger partial charge in [0.25, 0.3) is 5.56 Å². The quantitative estimate of drug-likeness (QED) is 0.724. The highest BCUT2D eigenvalue weighted by Gasteiger charge is 2.12. The summed E-state index contributed by atoms with van der Waals surface area (Å²) >= 11 is 0. The van der Waals surface area contributed by atoms with Crippen molar-refractivity contribution in [2.45, 2.75) is 27.7 Å². The number of benzene rings is 2. The summed E-state index contributed by atoms with van der Waals surface area (Å²) in [5.41, 5.74) is 6.37. The van der Waals surface area contributed by atoms with Crippen molar-refractivity contribution in [1.29, 1.82) is 0 Å². The summed E-state index contributed by atoms with van der Waals surface area (Å²) in [5, 5.41) is 3.15. The van der Waals surface area contributed by atoms with Gasteiger partial charge in [-0.15, -0.1) is 0 Å². The molecule has 0 unspecified atom stereocenters. The van der Waals surface area contributed by atoms with Crippen molar-refractivity contribution in [1.82, 2.24) is 9.78 Å². The van der Waals surface area contributed by atoms with E-state index in [4.69, 9.17) is 0 Å². The van der Waals surface area contributed by atoms with Crippen LogP contribution in [0, 0.1) is 27.7 Å². The minimum atomic E-state index is -0.0872. The molecule has 0 aliphatic carbocycles. The van der Waals surface area contributed by atoms with Crippen LogP contribution < -0.4 is 5.56 Å². The van der Waals surface area contributed by atoms with E-state index in [2.05, 4.69) is 16.2 Å². The molecule has 122 valence electrons. The van der Waals surface area contributed by atoms with Gasteiger partial charge < -0.3 is 0 Å². The number of aromatic nitrogens is 2. The highest BCUT2D eigenvalue weighted by atomic mass is 16.1. The molecule has 0 atom stereocenters. The molecule has 1 aromatic heterocycles. The number of nitrogens with one attached hydrogen (secondary N) is 1. The van der Waals surface area contributed by atoms with Crippen molar-refractivity contribution in [3.63, 3.8) is 0 Å². The van der Waals surface area contributed by atoms with E-state index < -0.39 is 0 Å². The van der Waals surface area contributed by atoms with E-state index in [1.165, 1.54) is 5.56 Å². The normalized spacial score (nSPS) is 11.3. The third-order valence-corrected chi connectivity index (χ3v) is 4.05. The molecule has 0 aliphatic rings. The number of rotatable bonds is 3. The Morgan fingerprint density at radius 3 is 2.46 bits per heavy atom. The van der Waals surface area contributed by atoms with E-state index in [1.807, 2.05) is 64.1 Å². The van der Waals surface area contributed by atoms with Gasteiger partial charge in [-0.1, -0.05) is 29.8 Å². The molecule has 0 radical (unpaired) electrons. The Kier molecular flexibility index (Phi) is 4.21. The highest BCUT2D eigenvalue weighted by molar-refractivity contribution is 5.83. The maximum atomic E-state index is 12.8. The molecular weight excluding hydrogens is 298 g/mol. The van der Waals surface area contributed by atoms with Crippen LogP contribution in [-0.2, 0) is 0 Å². The Morgan fingerprint density at radius 1 is 1.00 bits per heavy atom. The molecule has 24 heavy (non-hydrogen) atoms. The molecule has 0 saturated carbocycles. The van der Waals surface area contributed by atoms with E-state index in [9.17, 15) is 4.79 Å². The van der Waals surface area contributed by atoms with Crippen LogP contribution in [0.4, 0.5) is 5.69 Å². The minimum Gasteiger partial charge on any atom is -0.295 e. The molecule has 1 N–H and O–H groups in total. The fourth-order valence-electron chi connectivity index (χ4n) is 2.78. The highest BCUT2D eigenvalue weighted by Crippen LogP contribution is 2.16. The third kappa shape index (κ3) is 3.08. The number of aryl methyl sites for hydroxylation is 4. The molecule has 0 aliphatic heterocycles. The second-order valence-corrected chi connectivity index (χ2v) is 6.18. The van der Waals surface area contributed by atoms with Crippen molar-refractivity contribution < 1.29 is 0 Å². The lowest BCUT2D eigenvalue weighted by molar-refractivity contribution is 0.828. The number of hydrogen-bond donors (Lipinski definition) is 1. The maximum absolute atomic E-state index is 12.8. The molecule has 4 heteroatoms. The van der Waals surface area contributed by atoms with E-state index in [1.54, 1.807) is 10.9 Å². The summed E-state index contributed by atoms with van der Waals surface area (Å²) in [6.45, 7) is 7.96. The summed E-state index contributed by atoms with van der Waals surface area (Å²) < 4.78 is 1.59. The maximum Gasteiger partial charge on any atom is 0.280 e. The van der Waals surface area contributed by atoms with E-state index >= 15 is 0 Å². The topological polar surface area (TPSA) is 50.1 Å². The number of aliphatic imine (C=N–C) groups is 1. The zero-order valence-corrected chi connectivity index (χ0v) is 14.4. The van der Waals surface area contributed by atoms with Crippen LogP contribution in [0.25, 0.3) is 5.69 Å². The van der Waals surface area contributed by atoms with Crippen molar-refractivity contribution in [2.24, 2.45) is 4.99 Å². The van der Waals surface area contributed by atoms with Crippen molar-refractivity contribution in [3.05, 3.63) is 80.8 Å². The molecule has 3 rings (SSSR count). The Bertz CT molecular complexity index is 977. The molecule has 0 bridgehead atoms. The van der Waals surface area contributed by atoms with Crippen LogP contribution in [0.5, 0.6) is 0 Å². The standard InChI is InChI=1S/C20H21N3O/c1-13-6-5-7-17(11-13)21-12-18-16(4)22-23(20(18)24)19-9-8-14(2)10-15(19)3/h5-12,22H,1-4H3. The average Bonchev–Trinajstić information content (AvgIpc) is 2.80. The van der Waals surface area contributed by atoms with Gasteiger partial charge in [0.1, 0.15) is 0 Å². The summed E-state index contributed by atoms with van der Waals surface area (Å²) in [7, 11) is 0. The first-order chi connectivity index (χ1) is 11.5. The van der Waals surface area contributed by atoms with E-state index in [-0.39, 0.29) is 5.56 Å². The van der Waals surface area contributed by atoms with Crippen LogP contribution in [0.3, 0.4) is 0 Å². The Balaban J connectivity index is 2.02. The van der Waals surface area contributed by atoms with Gasteiger partial charge in [0.15, 0.2) is 0 Å². The van der Waals surface area contributed by atoms with Gasteiger partial charge in [-0.05, 0) is 57.0 Å². The molecule has 3 aromatic rings. The minimum absolute atomic E-state index is 0.0872. The van der Waals surface area contributed by atoms with E-state index in [0.29, 0.717) is 5.56 Å². The number of hydrogen-bond acceptors (Lipinski definition) is 2. The van der Waals surface area contributed by atoms with Crippen molar-refractivity contribution >= 4 is 11.9 Å². The Labute approximate surface area is 141 Å². The van der Waals surface area contributed by atoms with Crippen molar-refractivity contribution in [2.75, 3.05) is 0 Å². The fourth-order valence-corrected chi connectivity index (χ4v) is 2.78. The largest absolute Gasteiger partial charge is 0.295 e. The number of H-pyrrole nitrogens is 1. The molecule has 0 spiro atoms. The van der Waals surface area contributed by atoms with Gasteiger partial charge >= 0.3 is 0 Å². The van der Waals surface area contributed by atoms with Gasteiger partial charge in [-0.2, -0.15) is 0 Å². The molecule has 4 nitrogen and oxygen atoms in total. The van der Waals surface area contributed by atoms with Crippen molar-refractivity contribution in [3.8, 4) is 5.69 Å². The zero-order chi connectivity index (χ0) is 17.3. The summed E-state index contributed by atoms with van der Waals surface area (Å²) in [4.78, 5) is 17.2. The van der Waals surface area contributed by atoms with Crippen LogP contribution in [0.15, 0.2) is 52.3 Å². The zero-order valence-electron chi connectivity index (χ0n) is 14.4. The fraction of sp³-hybridized carbons (Fsp3) is 0.200. The monoisotopic (exact) mass is 319 g/mol. The Morgan fingerprint density at radius 2 is 1.75 bits per heavy atom. The third-order valence-electron chi connectivity index (χ3n) is 4.05. The predicted molar refractivity (Wildman–Crippen MR) is 99.0 cm³/mol. The van der Waals surface area contributed by atoms with Crippen LogP contribution in [0.1, 0.15) is 27.9 Å².